The van der Waals surface area contributed by atoms with Crippen LogP contribution in [0.5, 0.6) is 5.75 Å². The fraction of sp³-hybridized carbons (Fsp3) is 0.294. The first-order valence-electron chi connectivity index (χ1n) is 7.47. The SMILES string of the molecule is CCCc1sc(NC(C)=O)c(-c2nc3ccccc3s2)c1OC. The van der Waals surface area contributed by atoms with Crippen molar-refractivity contribution < 1.29 is 9.53 Å². The highest BCUT2D eigenvalue weighted by Crippen LogP contribution is 2.48. The summed E-state index contributed by atoms with van der Waals surface area (Å²) in [5.74, 6) is 0.749. The Morgan fingerprint density at radius 3 is 2.74 bits per heavy atom. The number of nitrogens with zero attached hydrogens (tertiary/aromatic N) is 1. The molecule has 0 atom stereocenters. The standard InChI is InChI=1S/C17H18N2O2S2/c1-4-7-13-15(21-3)14(16(23-13)18-10(2)20)17-19-11-8-5-6-9-12(11)22-17/h5-6,8-9H,4,7H2,1-3H3,(H,18,20). The Bertz CT molecular complexity index is 819. The summed E-state index contributed by atoms with van der Waals surface area (Å²) in [5.41, 5.74) is 1.86. The Morgan fingerprint density at radius 1 is 1.30 bits per heavy atom. The second-order valence-electron chi connectivity index (χ2n) is 5.18. The Morgan fingerprint density at radius 2 is 2.09 bits per heavy atom. The number of hydrogen-bond acceptors (Lipinski definition) is 5. The van der Waals surface area contributed by atoms with Crippen molar-refractivity contribution >= 4 is 43.8 Å². The van der Waals surface area contributed by atoms with Gasteiger partial charge in [-0.3, -0.25) is 4.79 Å². The number of rotatable bonds is 5. The van der Waals surface area contributed by atoms with Gasteiger partial charge in [-0.05, 0) is 18.6 Å². The van der Waals surface area contributed by atoms with E-state index in [0.717, 1.165) is 49.3 Å². The number of amides is 1. The maximum absolute atomic E-state index is 11.6. The Kier molecular flexibility index (Phi) is 4.63. The van der Waals surface area contributed by atoms with E-state index in [2.05, 4.69) is 18.3 Å². The van der Waals surface area contributed by atoms with Gasteiger partial charge in [0, 0.05) is 11.8 Å². The number of methoxy groups -OCH3 is 1. The summed E-state index contributed by atoms with van der Waals surface area (Å²) >= 11 is 3.19. The maximum atomic E-state index is 11.6. The first kappa shape index (κ1) is 16.0. The number of anilines is 1. The molecule has 0 bridgehead atoms. The van der Waals surface area contributed by atoms with Crippen molar-refractivity contribution in [2.75, 3.05) is 12.4 Å². The van der Waals surface area contributed by atoms with Gasteiger partial charge in [0.25, 0.3) is 0 Å². The van der Waals surface area contributed by atoms with E-state index in [4.69, 9.17) is 9.72 Å². The number of aryl methyl sites for hydroxylation is 1. The highest BCUT2D eigenvalue weighted by molar-refractivity contribution is 7.23. The molecule has 0 aliphatic carbocycles. The van der Waals surface area contributed by atoms with Crippen molar-refractivity contribution in [2.45, 2.75) is 26.7 Å². The van der Waals surface area contributed by atoms with Crippen molar-refractivity contribution in [1.82, 2.24) is 4.98 Å². The molecule has 3 aromatic rings. The Balaban J connectivity index is 2.19. The second kappa shape index (κ2) is 6.68. The van der Waals surface area contributed by atoms with Crippen molar-refractivity contribution in [3.05, 3.63) is 29.1 Å². The Hall–Kier alpha value is -1.92. The second-order valence-corrected chi connectivity index (χ2v) is 7.32. The third-order valence-corrected chi connectivity index (χ3v) is 5.61. The average molecular weight is 346 g/mol. The van der Waals surface area contributed by atoms with E-state index < -0.39 is 0 Å². The number of benzene rings is 1. The Labute approximate surface area is 143 Å². The van der Waals surface area contributed by atoms with Gasteiger partial charge in [0.1, 0.15) is 15.8 Å². The third-order valence-electron chi connectivity index (χ3n) is 3.41. The van der Waals surface area contributed by atoms with Crippen molar-refractivity contribution in [3.63, 3.8) is 0 Å². The summed E-state index contributed by atoms with van der Waals surface area (Å²) in [6.45, 7) is 3.66. The molecule has 1 aromatic carbocycles. The smallest absolute Gasteiger partial charge is 0.221 e. The third kappa shape index (κ3) is 3.09. The molecule has 23 heavy (non-hydrogen) atoms. The number of carbonyl (C=O) groups is 1. The average Bonchev–Trinajstić information content (AvgIpc) is 3.07. The van der Waals surface area contributed by atoms with Gasteiger partial charge in [0.05, 0.1) is 22.9 Å². The van der Waals surface area contributed by atoms with E-state index in [9.17, 15) is 4.79 Å². The minimum Gasteiger partial charge on any atom is -0.495 e. The zero-order valence-electron chi connectivity index (χ0n) is 13.3. The van der Waals surface area contributed by atoms with E-state index >= 15 is 0 Å². The van der Waals surface area contributed by atoms with E-state index in [1.54, 1.807) is 29.8 Å². The van der Waals surface area contributed by atoms with E-state index in [1.807, 2.05) is 18.2 Å². The van der Waals surface area contributed by atoms with Crippen LogP contribution in [0.4, 0.5) is 5.00 Å². The van der Waals surface area contributed by atoms with Crippen LogP contribution in [0.15, 0.2) is 24.3 Å². The number of thiazole rings is 1. The van der Waals surface area contributed by atoms with Crippen molar-refractivity contribution in [2.24, 2.45) is 0 Å². The van der Waals surface area contributed by atoms with Crippen LogP contribution in [-0.4, -0.2) is 18.0 Å². The lowest BCUT2D eigenvalue weighted by molar-refractivity contribution is -0.114. The molecule has 0 fully saturated rings. The predicted octanol–water partition coefficient (Wildman–Crippen LogP) is 4.94. The number of ether oxygens (including phenoxy) is 1. The van der Waals surface area contributed by atoms with Crippen LogP contribution < -0.4 is 10.1 Å². The number of aromatic nitrogens is 1. The van der Waals surface area contributed by atoms with Gasteiger partial charge in [0.15, 0.2) is 0 Å². The summed E-state index contributed by atoms with van der Waals surface area (Å²) in [6, 6.07) is 8.04. The van der Waals surface area contributed by atoms with Gasteiger partial charge in [-0.25, -0.2) is 4.98 Å². The number of fused-ring (bicyclic) bond motifs is 1. The fourth-order valence-corrected chi connectivity index (χ4v) is 4.89. The van der Waals surface area contributed by atoms with Crippen LogP contribution in [0.2, 0.25) is 0 Å². The lowest BCUT2D eigenvalue weighted by Crippen LogP contribution is -2.05. The number of carbonyl (C=O) groups excluding carboxylic acids is 1. The van der Waals surface area contributed by atoms with Crippen LogP contribution in [0.25, 0.3) is 20.8 Å². The zero-order valence-corrected chi connectivity index (χ0v) is 14.9. The van der Waals surface area contributed by atoms with Crippen LogP contribution in [0.1, 0.15) is 25.1 Å². The maximum Gasteiger partial charge on any atom is 0.221 e. The molecule has 6 heteroatoms. The molecule has 1 amide bonds. The predicted molar refractivity (Wildman–Crippen MR) is 97.8 cm³/mol. The molecule has 0 spiro atoms. The highest BCUT2D eigenvalue weighted by atomic mass is 32.1. The van der Waals surface area contributed by atoms with Gasteiger partial charge in [-0.2, -0.15) is 0 Å². The van der Waals surface area contributed by atoms with Gasteiger partial charge >= 0.3 is 0 Å². The van der Waals surface area contributed by atoms with Gasteiger partial charge in [-0.1, -0.05) is 25.5 Å². The minimum atomic E-state index is -0.0840. The first-order valence-corrected chi connectivity index (χ1v) is 9.10. The van der Waals surface area contributed by atoms with Crippen LogP contribution in [0.3, 0.4) is 0 Å². The van der Waals surface area contributed by atoms with Gasteiger partial charge in [0.2, 0.25) is 5.91 Å². The normalized spacial score (nSPS) is 10.9. The fourth-order valence-electron chi connectivity index (χ4n) is 2.49. The topological polar surface area (TPSA) is 51.2 Å². The lowest BCUT2D eigenvalue weighted by Gasteiger charge is -2.05. The van der Waals surface area contributed by atoms with Crippen LogP contribution >= 0.6 is 22.7 Å². The molecule has 3 rings (SSSR count). The quantitative estimate of drug-likeness (QED) is 0.711. The molecule has 1 N–H and O–H groups in total. The molecular formula is C17H18N2O2S2. The first-order chi connectivity index (χ1) is 11.1. The summed E-state index contributed by atoms with van der Waals surface area (Å²) in [6.07, 6.45) is 1.95. The minimum absolute atomic E-state index is 0.0840. The van der Waals surface area contributed by atoms with Crippen LogP contribution in [-0.2, 0) is 11.2 Å². The van der Waals surface area contributed by atoms with Crippen molar-refractivity contribution in [1.29, 1.82) is 0 Å². The molecular weight excluding hydrogens is 328 g/mol. The number of thiophene rings is 1. The molecule has 2 aromatic heterocycles. The molecule has 0 aliphatic heterocycles. The van der Waals surface area contributed by atoms with E-state index in [1.165, 1.54) is 6.92 Å². The number of nitrogens with one attached hydrogen (secondary N) is 1. The number of hydrogen-bond donors (Lipinski definition) is 1. The van der Waals surface area contributed by atoms with E-state index in [0.29, 0.717) is 0 Å². The van der Waals surface area contributed by atoms with Crippen LogP contribution in [0, 0.1) is 0 Å². The van der Waals surface area contributed by atoms with E-state index in [-0.39, 0.29) is 5.91 Å². The summed E-state index contributed by atoms with van der Waals surface area (Å²) in [7, 11) is 1.68. The molecule has 120 valence electrons. The summed E-state index contributed by atoms with van der Waals surface area (Å²) < 4.78 is 6.79. The summed E-state index contributed by atoms with van der Waals surface area (Å²) in [4.78, 5) is 17.4. The largest absolute Gasteiger partial charge is 0.495 e. The molecule has 0 saturated carbocycles. The molecule has 4 nitrogen and oxygen atoms in total. The highest BCUT2D eigenvalue weighted by Gasteiger charge is 2.23. The summed E-state index contributed by atoms with van der Waals surface area (Å²) in [5, 5.41) is 4.63. The van der Waals surface area contributed by atoms with Crippen molar-refractivity contribution in [3.8, 4) is 16.3 Å². The monoisotopic (exact) mass is 346 g/mol. The molecule has 2 heterocycles. The van der Waals surface area contributed by atoms with Gasteiger partial charge in [-0.15, -0.1) is 22.7 Å². The molecule has 0 radical (unpaired) electrons. The number of para-hydroxylation sites is 1. The molecule has 0 saturated heterocycles. The lowest BCUT2D eigenvalue weighted by atomic mass is 10.2. The molecule has 0 unspecified atom stereocenters. The zero-order chi connectivity index (χ0) is 16.4. The van der Waals surface area contributed by atoms with Gasteiger partial charge < -0.3 is 10.1 Å². The molecule has 0 aliphatic rings.